The molecule has 2 N–H and O–H groups in total. The minimum Gasteiger partial charge on any atom is -0.508 e. The van der Waals surface area contributed by atoms with E-state index in [1.807, 2.05) is 6.07 Å². The molecule has 0 bridgehead atoms. The van der Waals surface area contributed by atoms with Crippen LogP contribution >= 0.6 is 31.9 Å². The molecule has 0 aliphatic heterocycles. The van der Waals surface area contributed by atoms with Crippen molar-refractivity contribution in [3.8, 4) is 5.75 Å². The third-order valence-electron chi connectivity index (χ3n) is 2.73. The fourth-order valence-electron chi connectivity index (χ4n) is 1.62. The summed E-state index contributed by atoms with van der Waals surface area (Å²) in [5.74, 6) is -0.0759. The SMILES string of the molecule is Cc1c(O)cccc1NC(=O)c1cc(Br)ccc1Br. The van der Waals surface area contributed by atoms with Crippen molar-refractivity contribution in [3.63, 3.8) is 0 Å². The van der Waals surface area contributed by atoms with E-state index in [9.17, 15) is 9.90 Å². The lowest BCUT2D eigenvalue weighted by Gasteiger charge is -2.10. The smallest absolute Gasteiger partial charge is 0.256 e. The van der Waals surface area contributed by atoms with Crippen molar-refractivity contribution in [2.75, 3.05) is 5.32 Å². The molecule has 3 nitrogen and oxygen atoms in total. The molecule has 0 aliphatic carbocycles. The van der Waals surface area contributed by atoms with Crippen molar-refractivity contribution in [1.29, 1.82) is 0 Å². The quantitative estimate of drug-likeness (QED) is 0.801. The van der Waals surface area contributed by atoms with Crippen molar-refractivity contribution in [1.82, 2.24) is 0 Å². The van der Waals surface area contributed by atoms with Gasteiger partial charge in [0.2, 0.25) is 0 Å². The van der Waals surface area contributed by atoms with Gasteiger partial charge in [0.1, 0.15) is 5.75 Å². The van der Waals surface area contributed by atoms with E-state index in [0.717, 1.165) is 4.47 Å². The highest BCUT2D eigenvalue weighted by Crippen LogP contribution is 2.26. The van der Waals surface area contributed by atoms with Crippen LogP contribution in [0.2, 0.25) is 0 Å². The Labute approximate surface area is 127 Å². The third-order valence-corrected chi connectivity index (χ3v) is 3.91. The topological polar surface area (TPSA) is 49.3 Å². The summed E-state index contributed by atoms with van der Waals surface area (Å²) in [6.07, 6.45) is 0. The number of rotatable bonds is 2. The number of halogens is 2. The number of nitrogens with one attached hydrogen (secondary N) is 1. The highest BCUT2D eigenvalue weighted by molar-refractivity contribution is 9.11. The van der Waals surface area contributed by atoms with E-state index in [1.54, 1.807) is 37.3 Å². The molecule has 0 unspecified atom stereocenters. The van der Waals surface area contributed by atoms with Crippen LogP contribution in [0, 0.1) is 6.92 Å². The maximum atomic E-state index is 12.2. The largest absolute Gasteiger partial charge is 0.508 e. The highest BCUT2D eigenvalue weighted by Gasteiger charge is 2.12. The summed E-state index contributed by atoms with van der Waals surface area (Å²) in [7, 11) is 0. The monoisotopic (exact) mass is 383 g/mol. The summed E-state index contributed by atoms with van der Waals surface area (Å²) >= 11 is 6.68. The first-order chi connectivity index (χ1) is 8.99. The van der Waals surface area contributed by atoms with Crippen LogP contribution in [0.5, 0.6) is 5.75 Å². The summed E-state index contributed by atoms with van der Waals surface area (Å²) in [6, 6.07) is 10.4. The number of amides is 1. The number of benzene rings is 2. The molecule has 0 spiro atoms. The van der Waals surface area contributed by atoms with Gasteiger partial charge in [0.15, 0.2) is 0 Å². The van der Waals surface area contributed by atoms with Gasteiger partial charge in [-0.05, 0) is 53.2 Å². The van der Waals surface area contributed by atoms with Crippen LogP contribution < -0.4 is 5.32 Å². The summed E-state index contributed by atoms with van der Waals surface area (Å²) in [5, 5.41) is 12.4. The number of phenols is 1. The second kappa shape index (κ2) is 5.75. The lowest BCUT2D eigenvalue weighted by Crippen LogP contribution is -2.13. The molecule has 2 aromatic carbocycles. The van der Waals surface area contributed by atoms with E-state index in [4.69, 9.17) is 0 Å². The van der Waals surface area contributed by atoms with E-state index in [2.05, 4.69) is 37.2 Å². The molecule has 19 heavy (non-hydrogen) atoms. The first kappa shape index (κ1) is 14.1. The minimum atomic E-state index is -0.234. The number of phenolic OH excluding ortho intramolecular Hbond substituents is 1. The molecule has 0 aromatic heterocycles. The second-order valence-corrected chi connectivity index (χ2v) is 5.80. The number of carbonyl (C=O) groups excluding carboxylic acids is 1. The van der Waals surface area contributed by atoms with E-state index < -0.39 is 0 Å². The first-order valence-corrected chi connectivity index (χ1v) is 7.12. The molecule has 0 saturated heterocycles. The van der Waals surface area contributed by atoms with E-state index >= 15 is 0 Å². The van der Waals surface area contributed by atoms with Gasteiger partial charge in [-0.1, -0.05) is 22.0 Å². The van der Waals surface area contributed by atoms with Crippen LogP contribution in [0.4, 0.5) is 5.69 Å². The molecule has 1 amide bonds. The summed E-state index contributed by atoms with van der Waals surface area (Å²) in [5.41, 5.74) is 1.76. The predicted octanol–water partition coefficient (Wildman–Crippen LogP) is 4.48. The lowest BCUT2D eigenvalue weighted by molar-refractivity contribution is 0.102. The van der Waals surface area contributed by atoms with Crippen molar-refractivity contribution < 1.29 is 9.90 Å². The van der Waals surface area contributed by atoms with Gasteiger partial charge in [-0.3, -0.25) is 4.79 Å². The van der Waals surface area contributed by atoms with Gasteiger partial charge in [-0.15, -0.1) is 0 Å². The van der Waals surface area contributed by atoms with Gasteiger partial charge in [0, 0.05) is 20.2 Å². The Kier molecular flexibility index (Phi) is 4.27. The molecule has 0 radical (unpaired) electrons. The number of aromatic hydroxyl groups is 1. The van der Waals surface area contributed by atoms with Gasteiger partial charge in [-0.25, -0.2) is 0 Å². The highest BCUT2D eigenvalue weighted by atomic mass is 79.9. The zero-order valence-electron chi connectivity index (χ0n) is 10.1. The molecule has 0 aliphatic rings. The standard InChI is InChI=1S/C14H11Br2NO2/c1-8-12(3-2-4-13(8)18)17-14(19)10-7-9(15)5-6-11(10)16/h2-7,18H,1H3,(H,17,19). The van der Waals surface area contributed by atoms with Gasteiger partial charge in [0.05, 0.1) is 5.56 Å². The second-order valence-electron chi connectivity index (χ2n) is 4.03. The molecular formula is C14H11Br2NO2. The number of hydrogen-bond acceptors (Lipinski definition) is 2. The van der Waals surface area contributed by atoms with Crippen molar-refractivity contribution in [2.24, 2.45) is 0 Å². The van der Waals surface area contributed by atoms with Crippen molar-refractivity contribution in [3.05, 3.63) is 56.5 Å². The zero-order valence-corrected chi connectivity index (χ0v) is 13.2. The minimum absolute atomic E-state index is 0.158. The zero-order chi connectivity index (χ0) is 14.0. The Bertz CT molecular complexity index is 641. The molecule has 2 aromatic rings. The van der Waals surface area contributed by atoms with E-state index in [0.29, 0.717) is 21.3 Å². The van der Waals surface area contributed by atoms with Crippen LogP contribution in [0.3, 0.4) is 0 Å². The number of hydrogen-bond donors (Lipinski definition) is 2. The van der Waals surface area contributed by atoms with E-state index in [1.165, 1.54) is 0 Å². The van der Waals surface area contributed by atoms with Crippen LogP contribution in [0.15, 0.2) is 45.3 Å². The average Bonchev–Trinajstić information content (AvgIpc) is 2.38. The van der Waals surface area contributed by atoms with Crippen molar-refractivity contribution in [2.45, 2.75) is 6.92 Å². The molecular weight excluding hydrogens is 374 g/mol. The van der Waals surface area contributed by atoms with Crippen LogP contribution in [-0.4, -0.2) is 11.0 Å². The maximum absolute atomic E-state index is 12.2. The molecule has 98 valence electrons. The fourth-order valence-corrected chi connectivity index (χ4v) is 2.41. The summed E-state index contributed by atoms with van der Waals surface area (Å²) < 4.78 is 1.54. The van der Waals surface area contributed by atoms with Crippen LogP contribution in [0.1, 0.15) is 15.9 Å². The van der Waals surface area contributed by atoms with Gasteiger partial charge in [0.25, 0.3) is 5.91 Å². The Balaban J connectivity index is 2.31. The van der Waals surface area contributed by atoms with Gasteiger partial charge >= 0.3 is 0 Å². The van der Waals surface area contributed by atoms with Gasteiger partial charge in [-0.2, -0.15) is 0 Å². The Morgan fingerprint density at radius 1 is 1.21 bits per heavy atom. The van der Waals surface area contributed by atoms with Crippen LogP contribution in [0.25, 0.3) is 0 Å². The lowest BCUT2D eigenvalue weighted by atomic mass is 10.1. The molecule has 2 rings (SSSR count). The number of anilines is 1. The molecule has 0 saturated carbocycles. The third kappa shape index (κ3) is 3.16. The van der Waals surface area contributed by atoms with Crippen LogP contribution in [-0.2, 0) is 0 Å². The normalized spacial score (nSPS) is 10.3. The fraction of sp³-hybridized carbons (Fsp3) is 0.0714. The Hall–Kier alpha value is -1.33. The van der Waals surface area contributed by atoms with Crippen molar-refractivity contribution >= 4 is 43.5 Å². The number of carbonyl (C=O) groups is 1. The van der Waals surface area contributed by atoms with Gasteiger partial charge < -0.3 is 10.4 Å². The summed E-state index contributed by atoms with van der Waals surface area (Å²) in [4.78, 5) is 12.2. The predicted molar refractivity (Wildman–Crippen MR) is 82.6 cm³/mol. The molecule has 0 fully saturated rings. The molecule has 0 heterocycles. The molecule has 0 atom stereocenters. The maximum Gasteiger partial charge on any atom is 0.256 e. The average molecular weight is 385 g/mol. The molecule has 5 heteroatoms. The summed E-state index contributed by atoms with van der Waals surface area (Å²) in [6.45, 7) is 1.75. The Morgan fingerprint density at radius 2 is 1.95 bits per heavy atom. The first-order valence-electron chi connectivity index (χ1n) is 5.54. The Morgan fingerprint density at radius 3 is 2.68 bits per heavy atom. The van der Waals surface area contributed by atoms with E-state index in [-0.39, 0.29) is 11.7 Å².